The molecule has 0 atom stereocenters. The molecule has 5 rings (SSSR count). The van der Waals surface area contributed by atoms with Crippen molar-refractivity contribution in [3.63, 3.8) is 0 Å². The van der Waals surface area contributed by atoms with Gasteiger partial charge in [-0.3, -0.25) is 14.5 Å². The van der Waals surface area contributed by atoms with Crippen LogP contribution >= 0.6 is 11.3 Å². The number of rotatable bonds is 5. The molecule has 1 amide bonds. The fourth-order valence-electron chi connectivity index (χ4n) is 3.82. The first-order valence-electron chi connectivity index (χ1n) is 10.3. The van der Waals surface area contributed by atoms with Crippen LogP contribution in [0.25, 0.3) is 20.9 Å². The molecule has 34 heavy (non-hydrogen) atoms. The molecule has 0 aliphatic carbocycles. The van der Waals surface area contributed by atoms with E-state index in [4.69, 9.17) is 5.26 Å². The van der Waals surface area contributed by atoms with Crippen molar-refractivity contribution in [2.45, 2.75) is 11.4 Å². The molecule has 1 aliphatic heterocycles. The molecule has 1 aliphatic rings. The second kappa shape index (κ2) is 8.41. The van der Waals surface area contributed by atoms with Gasteiger partial charge in [0.15, 0.2) is 0 Å². The molecule has 3 heterocycles. The van der Waals surface area contributed by atoms with Crippen molar-refractivity contribution in [3.05, 3.63) is 89.7 Å². The molecular formula is C25H18N4O3S2. The summed E-state index contributed by atoms with van der Waals surface area (Å²) in [6.45, 7) is 0.603. The zero-order chi connectivity index (χ0) is 23.9. The van der Waals surface area contributed by atoms with Gasteiger partial charge >= 0.3 is 0 Å². The Morgan fingerprint density at radius 1 is 1.00 bits per heavy atom. The van der Waals surface area contributed by atoms with Gasteiger partial charge in [0, 0.05) is 40.7 Å². The Bertz CT molecular complexity index is 1570. The van der Waals surface area contributed by atoms with Crippen LogP contribution in [0.3, 0.4) is 0 Å². The second-order valence-electron chi connectivity index (χ2n) is 7.90. The lowest BCUT2D eigenvalue weighted by molar-refractivity contribution is 0.0816. The van der Waals surface area contributed by atoms with E-state index < -0.39 is 10.0 Å². The van der Waals surface area contributed by atoms with Gasteiger partial charge in [-0.25, -0.2) is 8.42 Å². The van der Waals surface area contributed by atoms with Crippen molar-refractivity contribution >= 4 is 33.0 Å². The number of carbonyl (C=O) groups is 1. The first-order chi connectivity index (χ1) is 16.3. The number of aromatic nitrogens is 1. The van der Waals surface area contributed by atoms with Crippen molar-refractivity contribution in [1.82, 2.24) is 9.88 Å². The summed E-state index contributed by atoms with van der Waals surface area (Å²) in [5.74, 6) is 0.0415. The van der Waals surface area contributed by atoms with Crippen molar-refractivity contribution in [1.29, 1.82) is 5.26 Å². The average Bonchev–Trinajstić information content (AvgIpc) is 3.44. The molecule has 4 aromatic rings. The minimum Gasteiger partial charge on any atom is -0.337 e. The molecule has 0 spiro atoms. The van der Waals surface area contributed by atoms with E-state index in [1.807, 2.05) is 36.4 Å². The summed E-state index contributed by atoms with van der Waals surface area (Å²) in [5.41, 5.74) is 4.31. The first-order valence-corrected chi connectivity index (χ1v) is 12.6. The van der Waals surface area contributed by atoms with Crippen LogP contribution in [0.4, 0.5) is 5.69 Å². The minimum atomic E-state index is -3.82. The topological polar surface area (TPSA) is 103 Å². The number of nitrogens with one attached hydrogen (secondary N) is 1. The Hall–Kier alpha value is -4.00. The highest BCUT2D eigenvalue weighted by Gasteiger charge is 2.24. The number of hydrogen-bond donors (Lipinski definition) is 1. The number of nitriles is 1. The Balaban J connectivity index is 1.39. The highest BCUT2D eigenvalue weighted by atomic mass is 32.2. The van der Waals surface area contributed by atoms with Crippen molar-refractivity contribution < 1.29 is 13.2 Å². The van der Waals surface area contributed by atoms with Crippen LogP contribution in [0.5, 0.6) is 0 Å². The third-order valence-electron chi connectivity index (χ3n) is 5.55. The zero-order valence-electron chi connectivity index (χ0n) is 18.0. The smallest absolute Gasteiger partial charge is 0.261 e. The SMILES string of the molecule is CN1Cc2cc(-c3ccc(-c4cncc(NS(=O)(=O)c5ccc(C#N)cc5)c4)s3)ccc2C1=O. The third-order valence-corrected chi connectivity index (χ3v) is 8.13. The molecule has 2 aromatic heterocycles. The average molecular weight is 487 g/mol. The van der Waals surface area contributed by atoms with E-state index in [1.54, 1.807) is 35.5 Å². The van der Waals surface area contributed by atoms with Crippen molar-refractivity contribution in [3.8, 4) is 27.0 Å². The molecule has 1 N–H and O–H groups in total. The lowest BCUT2D eigenvalue weighted by atomic mass is 10.1. The fourth-order valence-corrected chi connectivity index (χ4v) is 5.84. The van der Waals surface area contributed by atoms with E-state index in [0.29, 0.717) is 17.8 Å². The molecule has 0 saturated heterocycles. The standard InChI is InChI=1S/C25H18N4O3S2/c1-29-15-19-10-17(4-7-22(19)25(29)30)23-8-9-24(33-23)18-11-20(14-27-13-18)28-34(31,32)21-5-2-16(12-26)3-6-21/h2-11,13-14,28H,15H2,1H3. The van der Waals surface area contributed by atoms with E-state index in [-0.39, 0.29) is 10.8 Å². The second-order valence-corrected chi connectivity index (χ2v) is 10.7. The van der Waals surface area contributed by atoms with Gasteiger partial charge in [0.05, 0.1) is 28.4 Å². The van der Waals surface area contributed by atoms with Gasteiger partial charge in [-0.15, -0.1) is 11.3 Å². The number of sulfonamides is 1. The van der Waals surface area contributed by atoms with Gasteiger partial charge < -0.3 is 4.90 Å². The number of hydrogen-bond acceptors (Lipinski definition) is 6. The maximum atomic E-state index is 12.7. The predicted octanol–water partition coefficient (Wildman–Crippen LogP) is 4.74. The Morgan fingerprint density at radius 3 is 2.47 bits per heavy atom. The molecule has 9 heteroatoms. The van der Waals surface area contributed by atoms with Gasteiger partial charge in [-0.1, -0.05) is 6.07 Å². The van der Waals surface area contributed by atoms with Crippen molar-refractivity contribution in [2.24, 2.45) is 0 Å². The maximum absolute atomic E-state index is 12.7. The van der Waals surface area contributed by atoms with Crippen LogP contribution in [0, 0.1) is 11.3 Å². The molecule has 0 fully saturated rings. The Labute approximate surface area is 201 Å². The summed E-state index contributed by atoms with van der Waals surface area (Å²) in [4.78, 5) is 20.1. The van der Waals surface area contributed by atoms with Crippen LogP contribution in [0.15, 0.2) is 78.0 Å². The zero-order valence-corrected chi connectivity index (χ0v) is 19.7. The summed E-state index contributed by atoms with van der Waals surface area (Å²) in [7, 11) is -2.02. The normalized spacial score (nSPS) is 12.9. The summed E-state index contributed by atoms with van der Waals surface area (Å²) >= 11 is 1.57. The number of thiophene rings is 1. The van der Waals surface area contributed by atoms with E-state index in [1.165, 1.54) is 30.5 Å². The van der Waals surface area contributed by atoms with Gasteiger partial charge in [0.1, 0.15) is 0 Å². The van der Waals surface area contributed by atoms with Crippen LogP contribution < -0.4 is 4.72 Å². The highest BCUT2D eigenvalue weighted by Crippen LogP contribution is 2.36. The minimum absolute atomic E-state index is 0.0415. The number of carbonyl (C=O) groups excluding carboxylic acids is 1. The van der Waals surface area contributed by atoms with Crippen LogP contribution in [-0.2, 0) is 16.6 Å². The largest absolute Gasteiger partial charge is 0.337 e. The summed E-state index contributed by atoms with van der Waals surface area (Å²) in [6, 6.07) is 19.3. The van der Waals surface area contributed by atoms with Crippen LogP contribution in [0.2, 0.25) is 0 Å². The predicted molar refractivity (Wildman–Crippen MR) is 131 cm³/mol. The Morgan fingerprint density at radius 2 is 1.74 bits per heavy atom. The summed E-state index contributed by atoms with van der Waals surface area (Å²) < 4.78 is 28.0. The lowest BCUT2D eigenvalue weighted by Gasteiger charge is -2.09. The molecule has 168 valence electrons. The van der Waals surface area contributed by atoms with Gasteiger partial charge in [0.25, 0.3) is 15.9 Å². The molecule has 0 radical (unpaired) electrons. The molecule has 7 nitrogen and oxygen atoms in total. The van der Waals surface area contributed by atoms with E-state index in [0.717, 1.165) is 32.0 Å². The Kier molecular flexibility index (Phi) is 5.40. The number of fused-ring (bicyclic) bond motifs is 1. The number of nitrogens with zero attached hydrogens (tertiary/aromatic N) is 3. The quantitative estimate of drug-likeness (QED) is 0.439. The molecule has 0 unspecified atom stereocenters. The summed E-state index contributed by atoms with van der Waals surface area (Å²) in [6.07, 6.45) is 3.14. The fraction of sp³-hybridized carbons (Fsp3) is 0.0800. The molecular weight excluding hydrogens is 468 g/mol. The van der Waals surface area contributed by atoms with Gasteiger partial charge in [0.2, 0.25) is 0 Å². The van der Waals surface area contributed by atoms with Crippen LogP contribution in [0.1, 0.15) is 21.5 Å². The number of benzene rings is 2. The van der Waals surface area contributed by atoms with E-state index in [9.17, 15) is 13.2 Å². The monoisotopic (exact) mass is 486 g/mol. The molecule has 2 aromatic carbocycles. The maximum Gasteiger partial charge on any atom is 0.261 e. The van der Waals surface area contributed by atoms with E-state index in [2.05, 4.69) is 9.71 Å². The number of pyridine rings is 1. The first kappa shape index (κ1) is 21.8. The summed E-state index contributed by atoms with van der Waals surface area (Å²) in [5, 5.41) is 8.90. The lowest BCUT2D eigenvalue weighted by Crippen LogP contribution is -2.17. The molecule has 0 saturated carbocycles. The van der Waals surface area contributed by atoms with Gasteiger partial charge in [-0.2, -0.15) is 5.26 Å². The van der Waals surface area contributed by atoms with Crippen LogP contribution in [-0.4, -0.2) is 31.3 Å². The number of amides is 1. The van der Waals surface area contributed by atoms with E-state index >= 15 is 0 Å². The molecule has 0 bridgehead atoms. The van der Waals surface area contributed by atoms with Crippen molar-refractivity contribution in [2.75, 3.05) is 11.8 Å². The third kappa shape index (κ3) is 4.05. The highest BCUT2D eigenvalue weighted by molar-refractivity contribution is 7.92. The number of anilines is 1. The van der Waals surface area contributed by atoms with Gasteiger partial charge in [-0.05, 0) is 65.7 Å².